The third-order valence-electron chi connectivity index (χ3n) is 4.01. The molecule has 0 aliphatic heterocycles. The highest BCUT2D eigenvalue weighted by Crippen LogP contribution is 2.28. The lowest BCUT2D eigenvalue weighted by molar-refractivity contribution is -0.169. The van der Waals surface area contributed by atoms with E-state index in [1.807, 2.05) is 6.92 Å². The summed E-state index contributed by atoms with van der Waals surface area (Å²) in [7, 11) is 0. The van der Waals surface area contributed by atoms with Crippen LogP contribution in [0.25, 0.3) is 22.6 Å². The van der Waals surface area contributed by atoms with E-state index in [2.05, 4.69) is 19.9 Å². The Balaban J connectivity index is 2.12. The van der Waals surface area contributed by atoms with E-state index in [1.165, 1.54) is 6.20 Å². The first-order chi connectivity index (χ1) is 12.2. The molecule has 26 heavy (non-hydrogen) atoms. The van der Waals surface area contributed by atoms with Crippen LogP contribution in [0.4, 0.5) is 13.2 Å². The maximum Gasteiger partial charge on any atom is 0.391 e. The third-order valence-corrected chi connectivity index (χ3v) is 4.24. The largest absolute Gasteiger partial charge is 0.391 e. The highest BCUT2D eigenvalue weighted by molar-refractivity contribution is 6.29. The van der Waals surface area contributed by atoms with Gasteiger partial charge in [0.2, 0.25) is 0 Å². The Morgan fingerprint density at radius 3 is 2.62 bits per heavy atom. The number of hydrogen-bond donors (Lipinski definition) is 1. The molecule has 0 radical (unpaired) electrons. The minimum absolute atomic E-state index is 0.0253. The van der Waals surface area contributed by atoms with Crippen LogP contribution in [0.15, 0.2) is 23.1 Å². The van der Waals surface area contributed by atoms with E-state index in [4.69, 9.17) is 11.6 Å². The Hall–Kier alpha value is -2.42. The van der Waals surface area contributed by atoms with E-state index in [9.17, 15) is 18.0 Å². The Morgan fingerprint density at radius 1 is 1.31 bits per heavy atom. The Labute approximate surface area is 151 Å². The number of nitrogens with zero attached hydrogens (tertiary/aromatic N) is 4. The van der Waals surface area contributed by atoms with Gasteiger partial charge in [-0.2, -0.15) is 13.2 Å². The number of aryl methyl sites for hydroxylation is 1. The highest BCUT2D eigenvalue weighted by atomic mass is 35.5. The van der Waals surface area contributed by atoms with Gasteiger partial charge < -0.3 is 9.55 Å². The average molecular weight is 386 g/mol. The second-order valence-corrected chi connectivity index (χ2v) is 6.27. The van der Waals surface area contributed by atoms with E-state index in [1.54, 1.807) is 16.7 Å². The zero-order valence-corrected chi connectivity index (χ0v) is 14.7. The van der Waals surface area contributed by atoms with Crippen molar-refractivity contribution in [1.29, 1.82) is 0 Å². The lowest BCUT2D eigenvalue weighted by Crippen LogP contribution is -2.24. The molecule has 3 heterocycles. The molecule has 1 atom stereocenters. The van der Waals surface area contributed by atoms with E-state index in [-0.39, 0.29) is 17.0 Å². The Kier molecular flexibility index (Phi) is 4.74. The molecule has 0 saturated carbocycles. The molecule has 0 amide bonds. The predicted octanol–water partition coefficient (Wildman–Crippen LogP) is 3.60. The van der Waals surface area contributed by atoms with Gasteiger partial charge in [-0.1, -0.05) is 18.5 Å². The van der Waals surface area contributed by atoms with Gasteiger partial charge in [-0.05, 0) is 19.1 Å². The number of H-pyrrole nitrogens is 1. The topological polar surface area (TPSA) is 76.5 Å². The molecule has 0 saturated heterocycles. The van der Waals surface area contributed by atoms with Crippen molar-refractivity contribution in [3.8, 4) is 11.4 Å². The number of aromatic nitrogens is 5. The number of nitrogens with one attached hydrogen (secondary N) is 1. The van der Waals surface area contributed by atoms with Gasteiger partial charge in [-0.25, -0.2) is 15.0 Å². The van der Waals surface area contributed by atoms with Crippen LogP contribution in [-0.4, -0.2) is 30.7 Å². The monoisotopic (exact) mass is 385 g/mol. The fourth-order valence-corrected chi connectivity index (χ4v) is 2.70. The average Bonchev–Trinajstić information content (AvgIpc) is 2.93. The third kappa shape index (κ3) is 3.44. The number of imidazole rings is 1. The normalized spacial score (nSPS) is 13.3. The molecule has 0 aliphatic carbocycles. The van der Waals surface area contributed by atoms with Crippen molar-refractivity contribution in [1.82, 2.24) is 24.5 Å². The second-order valence-electron chi connectivity index (χ2n) is 5.88. The summed E-state index contributed by atoms with van der Waals surface area (Å²) in [5.41, 5.74) is 0.361. The molecule has 3 aromatic heterocycles. The summed E-state index contributed by atoms with van der Waals surface area (Å²) < 4.78 is 40.1. The number of hydrogen-bond acceptors (Lipinski definition) is 4. The zero-order chi connectivity index (χ0) is 19.1. The van der Waals surface area contributed by atoms with Crippen LogP contribution in [0, 0.1) is 5.92 Å². The predicted molar refractivity (Wildman–Crippen MR) is 91.0 cm³/mol. The maximum atomic E-state index is 12.8. The minimum Gasteiger partial charge on any atom is -0.309 e. The lowest BCUT2D eigenvalue weighted by atomic mass is 10.1. The maximum absolute atomic E-state index is 12.8. The van der Waals surface area contributed by atoms with Gasteiger partial charge in [-0.3, -0.25) is 4.79 Å². The number of fused-ring (bicyclic) bond motifs is 1. The molecule has 3 rings (SSSR count). The van der Waals surface area contributed by atoms with Gasteiger partial charge in [0.1, 0.15) is 16.8 Å². The molecule has 1 unspecified atom stereocenters. The van der Waals surface area contributed by atoms with Crippen molar-refractivity contribution in [2.45, 2.75) is 33.0 Å². The quantitative estimate of drug-likeness (QED) is 0.696. The van der Waals surface area contributed by atoms with Crippen LogP contribution in [-0.2, 0) is 13.0 Å². The zero-order valence-electron chi connectivity index (χ0n) is 13.9. The van der Waals surface area contributed by atoms with Crippen molar-refractivity contribution < 1.29 is 13.2 Å². The fourth-order valence-electron chi connectivity index (χ4n) is 2.59. The van der Waals surface area contributed by atoms with Gasteiger partial charge in [-0.15, -0.1) is 0 Å². The fraction of sp³-hybridized carbons (Fsp3) is 0.375. The number of rotatable bonds is 4. The van der Waals surface area contributed by atoms with Crippen molar-refractivity contribution in [2.75, 3.05) is 0 Å². The van der Waals surface area contributed by atoms with Crippen molar-refractivity contribution >= 4 is 22.8 Å². The molecule has 0 aromatic carbocycles. The molecule has 10 heteroatoms. The minimum atomic E-state index is -4.36. The SMILES string of the molecule is CCn1c(-c2ccc(Cl)nc2)nc2c(=O)[nH]c(CC(C)C(F)(F)F)nc21. The molecule has 0 fully saturated rings. The van der Waals surface area contributed by atoms with Crippen LogP contribution in [0.5, 0.6) is 0 Å². The van der Waals surface area contributed by atoms with Gasteiger partial charge in [0.15, 0.2) is 11.2 Å². The van der Waals surface area contributed by atoms with Gasteiger partial charge in [0, 0.05) is 24.7 Å². The van der Waals surface area contributed by atoms with E-state index < -0.39 is 24.1 Å². The standard InChI is InChI=1S/C16H15ClF3N5O/c1-3-25-13(9-4-5-10(17)21-7-9)24-12-14(25)22-11(23-15(12)26)6-8(2)16(18,19)20/h4-5,7-8H,3,6H2,1-2H3,(H,22,23,26). The summed E-state index contributed by atoms with van der Waals surface area (Å²) in [5, 5.41) is 0.312. The van der Waals surface area contributed by atoms with Crippen molar-refractivity contribution in [2.24, 2.45) is 5.92 Å². The molecule has 138 valence electrons. The molecule has 3 aromatic rings. The summed E-state index contributed by atoms with van der Waals surface area (Å²) in [6.45, 7) is 3.31. The molecule has 1 N–H and O–H groups in total. The summed E-state index contributed by atoms with van der Waals surface area (Å²) >= 11 is 5.79. The van der Waals surface area contributed by atoms with Crippen LogP contribution < -0.4 is 5.56 Å². The first-order valence-electron chi connectivity index (χ1n) is 7.88. The Bertz CT molecular complexity index is 994. The van der Waals surface area contributed by atoms with Crippen molar-refractivity contribution in [3.63, 3.8) is 0 Å². The van der Waals surface area contributed by atoms with E-state index in [0.717, 1.165) is 6.92 Å². The van der Waals surface area contributed by atoms with Gasteiger partial charge in [0.05, 0.1) is 5.92 Å². The summed E-state index contributed by atoms with van der Waals surface area (Å²) in [6.07, 6.45) is -3.27. The number of alkyl halides is 3. The van der Waals surface area contributed by atoms with Crippen LogP contribution >= 0.6 is 11.6 Å². The van der Waals surface area contributed by atoms with Gasteiger partial charge >= 0.3 is 6.18 Å². The van der Waals surface area contributed by atoms with Crippen molar-refractivity contribution in [3.05, 3.63) is 39.7 Å². The number of aromatic amines is 1. The van der Waals surface area contributed by atoms with Crippen LogP contribution in [0.3, 0.4) is 0 Å². The summed E-state index contributed by atoms with van der Waals surface area (Å²) in [6, 6.07) is 3.29. The molecule has 0 bridgehead atoms. The lowest BCUT2D eigenvalue weighted by Gasteiger charge is -2.14. The second kappa shape index (κ2) is 6.71. The van der Waals surface area contributed by atoms with Gasteiger partial charge in [0.25, 0.3) is 5.56 Å². The highest BCUT2D eigenvalue weighted by Gasteiger charge is 2.36. The molecule has 0 spiro atoms. The summed E-state index contributed by atoms with van der Waals surface area (Å²) in [5.74, 6) is -1.20. The number of halogens is 4. The van der Waals surface area contributed by atoms with E-state index >= 15 is 0 Å². The molecular weight excluding hydrogens is 371 g/mol. The summed E-state index contributed by atoms with van der Waals surface area (Å²) in [4.78, 5) is 27.2. The molecule has 0 aliphatic rings. The molecule has 6 nitrogen and oxygen atoms in total. The Morgan fingerprint density at radius 2 is 2.04 bits per heavy atom. The van der Waals surface area contributed by atoms with Crippen LogP contribution in [0.1, 0.15) is 19.7 Å². The first-order valence-corrected chi connectivity index (χ1v) is 8.26. The first kappa shape index (κ1) is 18.4. The smallest absolute Gasteiger partial charge is 0.309 e. The number of pyridine rings is 1. The van der Waals surface area contributed by atoms with Crippen LogP contribution in [0.2, 0.25) is 5.15 Å². The molecular formula is C16H15ClF3N5O. The van der Waals surface area contributed by atoms with E-state index in [0.29, 0.717) is 23.1 Å².